The van der Waals surface area contributed by atoms with Crippen LogP contribution in [0.15, 0.2) is 11.6 Å². The van der Waals surface area contributed by atoms with Crippen LogP contribution in [0.5, 0.6) is 0 Å². The van der Waals surface area contributed by atoms with E-state index in [9.17, 15) is 9.59 Å². The van der Waals surface area contributed by atoms with Crippen LogP contribution in [-0.2, 0) is 9.59 Å². The maximum atomic E-state index is 11.0. The second kappa shape index (κ2) is 5.94. The van der Waals surface area contributed by atoms with Crippen molar-refractivity contribution in [3.63, 3.8) is 0 Å². The predicted octanol–water partition coefficient (Wildman–Crippen LogP) is 1.76. The third-order valence-corrected chi connectivity index (χ3v) is 1.80. The molecule has 0 fully saturated rings. The number of ketones is 1. The highest BCUT2D eigenvalue weighted by atomic mass is 79.9. The zero-order valence-electron chi connectivity index (χ0n) is 6.84. The summed E-state index contributed by atoms with van der Waals surface area (Å²) in [5, 5.41) is 8.66. The van der Waals surface area contributed by atoms with Gasteiger partial charge >= 0.3 is 5.97 Å². The minimum absolute atomic E-state index is 0.0643. The Hall–Kier alpha value is -0.640. The lowest BCUT2D eigenvalue weighted by Crippen LogP contribution is -2.13. The lowest BCUT2D eigenvalue weighted by Gasteiger charge is -1.96. The van der Waals surface area contributed by atoms with Crippen molar-refractivity contribution in [2.45, 2.75) is 19.8 Å². The summed E-state index contributed by atoms with van der Waals surface area (Å²) in [6, 6.07) is 0. The zero-order chi connectivity index (χ0) is 9.56. The van der Waals surface area contributed by atoms with Crippen molar-refractivity contribution < 1.29 is 14.7 Å². The molecule has 1 N–H and O–H groups in total. The van der Waals surface area contributed by atoms with E-state index >= 15 is 0 Å². The monoisotopic (exact) mass is 234 g/mol. The number of hydrogen-bond donors (Lipinski definition) is 1. The molecule has 0 amide bonds. The molecule has 0 atom stereocenters. The Kier molecular flexibility index (Phi) is 5.62. The summed E-state index contributed by atoms with van der Waals surface area (Å²) in [4.78, 5) is 21.5. The standard InChI is InChI=1S/C8H11BrO3/c1-2-3-4-6(8(11)12)7(10)5-9/h4H,2-3,5H2,1H3,(H,11,12)/b6-4+. The van der Waals surface area contributed by atoms with Crippen LogP contribution >= 0.6 is 15.9 Å². The molecular weight excluding hydrogens is 224 g/mol. The third-order valence-electron chi connectivity index (χ3n) is 1.29. The maximum Gasteiger partial charge on any atom is 0.339 e. The molecule has 0 spiro atoms. The normalized spacial score (nSPS) is 11.3. The van der Waals surface area contributed by atoms with E-state index in [0.717, 1.165) is 6.42 Å². The number of rotatable bonds is 5. The van der Waals surface area contributed by atoms with Crippen molar-refractivity contribution >= 4 is 27.7 Å². The topological polar surface area (TPSA) is 54.4 Å². The quantitative estimate of drug-likeness (QED) is 0.342. The molecule has 0 saturated heterocycles. The maximum absolute atomic E-state index is 11.0. The first-order valence-electron chi connectivity index (χ1n) is 3.66. The number of aliphatic carboxylic acids is 1. The van der Waals surface area contributed by atoms with Crippen molar-refractivity contribution in [3.05, 3.63) is 11.6 Å². The van der Waals surface area contributed by atoms with Gasteiger partial charge in [0.2, 0.25) is 0 Å². The van der Waals surface area contributed by atoms with Crippen LogP contribution in [0.1, 0.15) is 19.8 Å². The molecule has 0 rings (SSSR count). The SMILES string of the molecule is CCC/C=C(/C(=O)O)C(=O)CBr. The fourth-order valence-electron chi connectivity index (χ4n) is 0.681. The Labute approximate surface area is 79.6 Å². The van der Waals surface area contributed by atoms with E-state index in [2.05, 4.69) is 15.9 Å². The molecule has 4 heteroatoms. The van der Waals surface area contributed by atoms with Crippen LogP contribution in [0, 0.1) is 0 Å². The summed E-state index contributed by atoms with van der Waals surface area (Å²) in [6.07, 6.45) is 2.93. The minimum Gasteiger partial charge on any atom is -0.478 e. The van der Waals surface area contributed by atoms with E-state index in [0.29, 0.717) is 6.42 Å². The summed E-state index contributed by atoms with van der Waals surface area (Å²) in [6.45, 7) is 1.93. The Morgan fingerprint density at radius 2 is 2.08 bits per heavy atom. The molecule has 0 heterocycles. The van der Waals surface area contributed by atoms with Crippen molar-refractivity contribution in [3.8, 4) is 0 Å². The van der Waals surface area contributed by atoms with Gasteiger partial charge in [-0.25, -0.2) is 4.79 Å². The first kappa shape index (κ1) is 11.4. The van der Waals surface area contributed by atoms with Gasteiger partial charge in [-0.1, -0.05) is 35.4 Å². The zero-order valence-corrected chi connectivity index (χ0v) is 8.43. The fourth-order valence-corrected chi connectivity index (χ4v) is 0.983. The summed E-state index contributed by atoms with van der Waals surface area (Å²) >= 11 is 2.92. The summed E-state index contributed by atoms with van der Waals surface area (Å²) in [7, 11) is 0. The van der Waals surface area contributed by atoms with Gasteiger partial charge < -0.3 is 5.11 Å². The number of Topliss-reactive ketones (excluding diaryl/α,β-unsaturated/α-hetero) is 1. The van der Waals surface area contributed by atoms with E-state index in [1.54, 1.807) is 0 Å². The second-order valence-electron chi connectivity index (χ2n) is 2.27. The van der Waals surface area contributed by atoms with Gasteiger partial charge in [-0.3, -0.25) is 4.79 Å². The molecule has 0 aromatic carbocycles. The molecule has 0 aliphatic carbocycles. The Bertz CT molecular complexity index is 208. The summed E-state index contributed by atoms with van der Waals surface area (Å²) in [5.41, 5.74) is -0.117. The van der Waals surface area contributed by atoms with Gasteiger partial charge in [-0.15, -0.1) is 0 Å². The highest BCUT2D eigenvalue weighted by Gasteiger charge is 2.14. The predicted molar refractivity (Wildman–Crippen MR) is 49.4 cm³/mol. The molecule has 0 aliphatic heterocycles. The highest BCUT2D eigenvalue weighted by molar-refractivity contribution is 9.09. The van der Waals surface area contributed by atoms with Crippen molar-refractivity contribution in [1.29, 1.82) is 0 Å². The number of unbranched alkanes of at least 4 members (excludes halogenated alkanes) is 1. The number of carbonyl (C=O) groups excluding carboxylic acids is 1. The average molecular weight is 235 g/mol. The number of carboxylic acids is 1. The van der Waals surface area contributed by atoms with E-state index in [4.69, 9.17) is 5.11 Å². The number of alkyl halides is 1. The number of carbonyl (C=O) groups is 2. The Morgan fingerprint density at radius 3 is 2.42 bits per heavy atom. The second-order valence-corrected chi connectivity index (χ2v) is 2.83. The number of halogens is 1. The molecule has 0 saturated carbocycles. The van der Waals surface area contributed by atoms with Crippen molar-refractivity contribution in [2.24, 2.45) is 0 Å². The van der Waals surface area contributed by atoms with E-state index in [-0.39, 0.29) is 16.7 Å². The molecule has 3 nitrogen and oxygen atoms in total. The number of hydrogen-bond acceptors (Lipinski definition) is 2. The lowest BCUT2D eigenvalue weighted by molar-refractivity contribution is -0.134. The van der Waals surface area contributed by atoms with Gasteiger partial charge in [0.15, 0.2) is 5.78 Å². The Morgan fingerprint density at radius 1 is 1.50 bits per heavy atom. The molecule has 0 radical (unpaired) electrons. The van der Waals surface area contributed by atoms with Gasteiger partial charge in [0.05, 0.1) is 10.9 Å². The fraction of sp³-hybridized carbons (Fsp3) is 0.500. The first-order valence-corrected chi connectivity index (χ1v) is 4.78. The molecule has 0 aromatic heterocycles. The molecule has 0 aliphatic rings. The van der Waals surface area contributed by atoms with E-state index < -0.39 is 5.97 Å². The largest absolute Gasteiger partial charge is 0.478 e. The van der Waals surface area contributed by atoms with E-state index in [1.807, 2.05) is 6.92 Å². The lowest BCUT2D eigenvalue weighted by atomic mass is 10.1. The molecule has 0 aromatic rings. The number of carboxylic acid groups (broad SMARTS) is 1. The third kappa shape index (κ3) is 3.67. The molecule has 12 heavy (non-hydrogen) atoms. The van der Waals surface area contributed by atoms with Crippen molar-refractivity contribution in [1.82, 2.24) is 0 Å². The van der Waals surface area contributed by atoms with Crippen LogP contribution in [0.2, 0.25) is 0 Å². The van der Waals surface area contributed by atoms with Crippen LogP contribution < -0.4 is 0 Å². The molecular formula is C8H11BrO3. The van der Waals surface area contributed by atoms with Gasteiger partial charge in [-0.2, -0.15) is 0 Å². The van der Waals surface area contributed by atoms with Gasteiger partial charge in [0, 0.05) is 0 Å². The van der Waals surface area contributed by atoms with Crippen LogP contribution in [0.4, 0.5) is 0 Å². The summed E-state index contributed by atoms with van der Waals surface area (Å²) in [5.74, 6) is -1.52. The molecule has 0 bridgehead atoms. The highest BCUT2D eigenvalue weighted by Crippen LogP contribution is 2.03. The molecule has 0 unspecified atom stereocenters. The van der Waals surface area contributed by atoms with Crippen LogP contribution in [0.3, 0.4) is 0 Å². The number of allylic oxidation sites excluding steroid dienone is 1. The van der Waals surface area contributed by atoms with E-state index in [1.165, 1.54) is 6.08 Å². The minimum atomic E-state index is -1.15. The summed E-state index contributed by atoms with van der Waals surface area (Å²) < 4.78 is 0. The molecule has 68 valence electrons. The average Bonchev–Trinajstić information content (AvgIpc) is 2.04. The van der Waals surface area contributed by atoms with Crippen molar-refractivity contribution in [2.75, 3.05) is 5.33 Å². The van der Waals surface area contributed by atoms with Crippen LogP contribution in [-0.4, -0.2) is 22.2 Å². The van der Waals surface area contributed by atoms with Gasteiger partial charge in [-0.05, 0) is 6.42 Å². The van der Waals surface area contributed by atoms with Gasteiger partial charge in [0.25, 0.3) is 0 Å². The van der Waals surface area contributed by atoms with Gasteiger partial charge in [0.1, 0.15) is 0 Å². The Balaban J connectivity index is 4.43. The smallest absolute Gasteiger partial charge is 0.339 e. The van der Waals surface area contributed by atoms with Crippen LogP contribution in [0.25, 0.3) is 0 Å². The first-order chi connectivity index (χ1) is 5.63.